The van der Waals surface area contributed by atoms with Gasteiger partial charge in [-0.2, -0.15) is 0 Å². The van der Waals surface area contributed by atoms with E-state index in [9.17, 15) is 8.42 Å². The summed E-state index contributed by atoms with van der Waals surface area (Å²) in [7, 11) is -3.75. The fraction of sp³-hybridized carbons (Fsp3) is 0. The fourth-order valence-electron chi connectivity index (χ4n) is 2.27. The summed E-state index contributed by atoms with van der Waals surface area (Å²) in [5, 5.41) is 1.08. The first-order valence-electron chi connectivity index (χ1n) is 7.81. The Bertz CT molecular complexity index is 1100. The summed E-state index contributed by atoms with van der Waals surface area (Å²) in [5.74, 6) is 0.205. The van der Waals surface area contributed by atoms with Gasteiger partial charge in [-0.05, 0) is 59.7 Å². The number of benzene rings is 2. The first-order chi connectivity index (χ1) is 12.8. The number of nitrogens with two attached hydrogens (primary N) is 1. The number of pyridine rings is 1. The predicted octanol–water partition coefficient (Wildman–Crippen LogP) is 5.52. The van der Waals surface area contributed by atoms with Crippen LogP contribution >= 0.6 is 40.2 Å². The van der Waals surface area contributed by atoms with Crippen LogP contribution in [0.25, 0.3) is 12.2 Å². The molecule has 0 aliphatic carbocycles. The summed E-state index contributed by atoms with van der Waals surface area (Å²) >= 11 is 12.0. The topological polar surface area (TPSA) is 85.1 Å². The number of hydrogen-bond acceptors (Lipinski definition) is 4. The van der Waals surface area contributed by atoms with Gasteiger partial charge in [0.1, 0.15) is 5.82 Å². The first kappa shape index (κ1) is 22.2. The summed E-state index contributed by atoms with van der Waals surface area (Å²) < 4.78 is 27.3. The standard InChI is InChI=1S/C19H15Cl2N3O2S.BrH/c20-15-4-3-14(18(21)12-15)2-1-13-9-10-23-19(11-13)24-27(25,26)17-7-5-16(22)6-8-17;/h1-12H,22H2,(H,23,24);1H/b2-1+;. The zero-order chi connectivity index (χ0) is 19.4. The second kappa shape index (κ2) is 9.43. The van der Waals surface area contributed by atoms with Gasteiger partial charge in [-0.1, -0.05) is 41.4 Å². The van der Waals surface area contributed by atoms with Crippen molar-refractivity contribution in [2.45, 2.75) is 4.90 Å². The van der Waals surface area contributed by atoms with E-state index in [1.165, 1.54) is 30.5 Å². The maximum Gasteiger partial charge on any atom is 0.263 e. The van der Waals surface area contributed by atoms with Crippen molar-refractivity contribution in [3.05, 3.63) is 82.0 Å². The van der Waals surface area contributed by atoms with Crippen molar-refractivity contribution in [1.29, 1.82) is 0 Å². The number of anilines is 2. The molecule has 0 bridgehead atoms. The third kappa shape index (κ3) is 5.72. The largest absolute Gasteiger partial charge is 0.399 e. The molecule has 0 aliphatic rings. The van der Waals surface area contributed by atoms with Crippen molar-refractivity contribution in [1.82, 2.24) is 4.98 Å². The average molecular weight is 501 g/mol. The lowest BCUT2D eigenvalue weighted by molar-refractivity contribution is 0.601. The second-order valence-electron chi connectivity index (χ2n) is 5.65. The molecule has 2 aromatic carbocycles. The van der Waals surface area contributed by atoms with E-state index in [1.807, 2.05) is 6.08 Å². The number of aromatic nitrogens is 1. The number of sulfonamides is 1. The molecule has 0 aliphatic heterocycles. The minimum absolute atomic E-state index is 0. The van der Waals surface area contributed by atoms with Crippen molar-refractivity contribution >= 4 is 73.9 Å². The van der Waals surface area contributed by atoms with Gasteiger partial charge in [-0.25, -0.2) is 13.4 Å². The molecule has 1 aromatic heterocycles. The fourth-order valence-corrected chi connectivity index (χ4v) is 3.74. The van der Waals surface area contributed by atoms with Crippen LogP contribution in [0.1, 0.15) is 11.1 Å². The molecular formula is C19H16BrCl2N3O2S. The summed E-state index contributed by atoms with van der Waals surface area (Å²) in [4.78, 5) is 4.16. The van der Waals surface area contributed by atoms with Crippen LogP contribution in [0.5, 0.6) is 0 Å². The van der Waals surface area contributed by atoms with E-state index < -0.39 is 10.0 Å². The van der Waals surface area contributed by atoms with Gasteiger partial charge in [-0.15, -0.1) is 17.0 Å². The normalized spacial score (nSPS) is 11.2. The lowest BCUT2D eigenvalue weighted by Crippen LogP contribution is -2.13. The van der Waals surface area contributed by atoms with Crippen molar-refractivity contribution in [3.63, 3.8) is 0 Å². The van der Waals surface area contributed by atoms with Crippen LogP contribution in [0, 0.1) is 0 Å². The van der Waals surface area contributed by atoms with E-state index in [2.05, 4.69) is 9.71 Å². The van der Waals surface area contributed by atoms with Crippen molar-refractivity contribution in [2.24, 2.45) is 0 Å². The van der Waals surface area contributed by atoms with Crippen molar-refractivity contribution in [3.8, 4) is 0 Å². The molecule has 146 valence electrons. The Balaban J connectivity index is 0.00000280. The van der Waals surface area contributed by atoms with E-state index in [4.69, 9.17) is 28.9 Å². The SMILES string of the molecule is Br.Nc1ccc(S(=O)(=O)Nc2cc(/C=C/c3ccc(Cl)cc3Cl)ccn2)cc1. The quantitative estimate of drug-likeness (QED) is 0.451. The molecule has 0 fully saturated rings. The van der Waals surface area contributed by atoms with E-state index in [1.54, 1.807) is 36.4 Å². The van der Waals surface area contributed by atoms with Gasteiger partial charge in [0.05, 0.1) is 4.90 Å². The molecule has 3 aromatic rings. The molecule has 28 heavy (non-hydrogen) atoms. The Labute approximate surface area is 184 Å². The molecule has 0 saturated heterocycles. The van der Waals surface area contributed by atoms with Crippen LogP contribution in [0.2, 0.25) is 10.0 Å². The maximum absolute atomic E-state index is 12.4. The molecule has 3 rings (SSSR count). The minimum Gasteiger partial charge on any atom is -0.399 e. The van der Waals surface area contributed by atoms with Gasteiger partial charge >= 0.3 is 0 Å². The highest BCUT2D eigenvalue weighted by Crippen LogP contribution is 2.23. The summed E-state index contributed by atoms with van der Waals surface area (Å²) in [5.41, 5.74) is 7.63. The van der Waals surface area contributed by atoms with Gasteiger partial charge < -0.3 is 5.73 Å². The first-order valence-corrected chi connectivity index (χ1v) is 10.0. The van der Waals surface area contributed by atoms with Gasteiger partial charge in [0.15, 0.2) is 0 Å². The molecule has 9 heteroatoms. The maximum atomic E-state index is 12.4. The van der Waals surface area contributed by atoms with Gasteiger partial charge in [0.2, 0.25) is 0 Å². The lowest BCUT2D eigenvalue weighted by atomic mass is 10.1. The number of rotatable bonds is 5. The highest BCUT2D eigenvalue weighted by molar-refractivity contribution is 8.93. The molecule has 0 spiro atoms. The Morgan fingerprint density at radius 2 is 1.68 bits per heavy atom. The summed E-state index contributed by atoms with van der Waals surface area (Å²) in [6.07, 6.45) is 5.13. The van der Waals surface area contributed by atoms with Crippen molar-refractivity contribution in [2.75, 3.05) is 10.5 Å². The number of nitrogen functional groups attached to an aromatic ring is 1. The van der Waals surface area contributed by atoms with Crippen LogP contribution in [0.3, 0.4) is 0 Å². The lowest BCUT2D eigenvalue weighted by Gasteiger charge is -2.08. The Hall–Kier alpha value is -2.06. The van der Waals surface area contributed by atoms with Crippen molar-refractivity contribution < 1.29 is 8.42 Å². The number of hydrogen-bond donors (Lipinski definition) is 2. The highest BCUT2D eigenvalue weighted by Gasteiger charge is 2.14. The number of nitrogens with zero attached hydrogens (tertiary/aromatic N) is 1. The third-order valence-electron chi connectivity index (χ3n) is 3.63. The average Bonchev–Trinajstić information content (AvgIpc) is 2.61. The summed E-state index contributed by atoms with van der Waals surface area (Å²) in [6, 6.07) is 14.5. The number of halogens is 3. The molecule has 3 N–H and O–H groups in total. The highest BCUT2D eigenvalue weighted by atomic mass is 79.9. The molecule has 0 unspecified atom stereocenters. The van der Waals surface area contributed by atoms with E-state index in [0.29, 0.717) is 15.7 Å². The van der Waals surface area contributed by atoms with Gasteiger partial charge in [0, 0.05) is 21.9 Å². The second-order valence-corrected chi connectivity index (χ2v) is 8.17. The zero-order valence-electron chi connectivity index (χ0n) is 14.3. The Morgan fingerprint density at radius 1 is 0.964 bits per heavy atom. The minimum atomic E-state index is -3.75. The predicted molar refractivity (Wildman–Crippen MR) is 122 cm³/mol. The van der Waals surface area contributed by atoms with Crippen LogP contribution in [0.15, 0.2) is 65.7 Å². The van der Waals surface area contributed by atoms with Gasteiger partial charge in [-0.3, -0.25) is 4.72 Å². The zero-order valence-corrected chi connectivity index (χ0v) is 18.4. The van der Waals surface area contributed by atoms with E-state index in [0.717, 1.165) is 11.1 Å². The van der Waals surface area contributed by atoms with Crippen LogP contribution in [-0.4, -0.2) is 13.4 Å². The Morgan fingerprint density at radius 3 is 2.36 bits per heavy atom. The molecule has 1 heterocycles. The molecular weight excluding hydrogens is 485 g/mol. The molecule has 0 atom stereocenters. The molecule has 0 radical (unpaired) electrons. The van der Waals surface area contributed by atoms with E-state index >= 15 is 0 Å². The molecule has 0 amide bonds. The van der Waals surface area contributed by atoms with Gasteiger partial charge in [0.25, 0.3) is 10.0 Å². The molecule has 0 saturated carbocycles. The monoisotopic (exact) mass is 499 g/mol. The van der Waals surface area contributed by atoms with Crippen LogP contribution < -0.4 is 10.5 Å². The van der Waals surface area contributed by atoms with Crippen LogP contribution in [-0.2, 0) is 10.0 Å². The third-order valence-corrected chi connectivity index (χ3v) is 5.56. The van der Waals surface area contributed by atoms with E-state index in [-0.39, 0.29) is 27.7 Å². The number of nitrogens with one attached hydrogen (secondary N) is 1. The smallest absolute Gasteiger partial charge is 0.263 e. The van der Waals surface area contributed by atoms with Crippen LogP contribution in [0.4, 0.5) is 11.5 Å². The molecule has 5 nitrogen and oxygen atoms in total. The Kier molecular flexibility index (Phi) is 7.48. The summed E-state index contributed by atoms with van der Waals surface area (Å²) in [6.45, 7) is 0.